The van der Waals surface area contributed by atoms with Gasteiger partial charge >= 0.3 is 0 Å². The van der Waals surface area contributed by atoms with Crippen molar-refractivity contribution >= 4 is 0 Å². The fourth-order valence-electron chi connectivity index (χ4n) is 0.359. The fraction of sp³-hybridized carbons (Fsp3) is 0.429. The lowest BCUT2D eigenvalue weighted by Crippen LogP contribution is -1.95. The Morgan fingerprint density at radius 1 is 1.88 bits per heavy atom. The predicted molar refractivity (Wildman–Crippen MR) is 36.3 cm³/mol. The van der Waals surface area contributed by atoms with Crippen molar-refractivity contribution in [2.75, 3.05) is 6.54 Å². The number of terminal acetylenes is 1. The van der Waals surface area contributed by atoms with E-state index in [2.05, 4.69) is 5.92 Å². The highest BCUT2D eigenvalue weighted by Crippen LogP contribution is 1.89. The molecular formula is C7H11N. The van der Waals surface area contributed by atoms with E-state index in [1.807, 2.05) is 13.0 Å². The number of hydrogen-bond donors (Lipinski definition) is 1. The van der Waals surface area contributed by atoms with Crippen LogP contribution in [0.25, 0.3) is 0 Å². The molecule has 0 aromatic carbocycles. The molecule has 0 aromatic rings. The van der Waals surface area contributed by atoms with E-state index in [1.54, 1.807) is 0 Å². The molecule has 0 aliphatic heterocycles. The smallest absolute Gasteiger partial charge is 0.00422 e. The summed E-state index contributed by atoms with van der Waals surface area (Å²) >= 11 is 0. The molecule has 0 heterocycles. The molecule has 0 amide bonds. The first-order valence-corrected chi connectivity index (χ1v) is 2.64. The van der Waals surface area contributed by atoms with Crippen LogP contribution in [0, 0.1) is 12.3 Å². The number of allylic oxidation sites excluding steroid dienone is 1. The van der Waals surface area contributed by atoms with Gasteiger partial charge in [0.25, 0.3) is 0 Å². The van der Waals surface area contributed by atoms with Crippen molar-refractivity contribution in [2.24, 2.45) is 5.73 Å². The maximum absolute atomic E-state index is 5.22. The van der Waals surface area contributed by atoms with Crippen LogP contribution in [-0.4, -0.2) is 6.54 Å². The first kappa shape index (κ1) is 7.26. The second kappa shape index (κ2) is 4.42. The lowest BCUT2D eigenvalue weighted by atomic mass is 10.2. The second-order valence-electron chi connectivity index (χ2n) is 1.61. The average molecular weight is 109 g/mol. The highest BCUT2D eigenvalue weighted by molar-refractivity contribution is 5.22. The van der Waals surface area contributed by atoms with Crippen LogP contribution in [-0.2, 0) is 0 Å². The molecule has 0 spiro atoms. The summed E-state index contributed by atoms with van der Waals surface area (Å²) < 4.78 is 0. The van der Waals surface area contributed by atoms with E-state index in [4.69, 9.17) is 12.2 Å². The summed E-state index contributed by atoms with van der Waals surface area (Å²) in [6, 6.07) is 0. The molecule has 0 bridgehead atoms. The molecule has 8 heavy (non-hydrogen) atoms. The van der Waals surface area contributed by atoms with Crippen LogP contribution in [0.5, 0.6) is 0 Å². The van der Waals surface area contributed by atoms with Crippen molar-refractivity contribution in [1.82, 2.24) is 0 Å². The summed E-state index contributed by atoms with van der Waals surface area (Å²) in [5.41, 5.74) is 6.19. The molecule has 2 N–H and O–H groups in total. The molecule has 1 heteroatoms. The average Bonchev–Trinajstić information content (AvgIpc) is 1.83. The van der Waals surface area contributed by atoms with Crippen molar-refractivity contribution in [2.45, 2.75) is 13.3 Å². The molecule has 0 aliphatic rings. The van der Waals surface area contributed by atoms with Gasteiger partial charge in [-0.25, -0.2) is 0 Å². The van der Waals surface area contributed by atoms with E-state index in [9.17, 15) is 0 Å². The Morgan fingerprint density at radius 3 is 2.88 bits per heavy atom. The number of hydrogen-bond acceptors (Lipinski definition) is 1. The Bertz CT molecular complexity index is 117. The normalized spacial score (nSPS) is 10.9. The summed E-state index contributed by atoms with van der Waals surface area (Å²) in [5.74, 6) is 2.51. The Hall–Kier alpha value is -0.740. The minimum atomic E-state index is 0.680. The summed E-state index contributed by atoms with van der Waals surface area (Å²) in [6.07, 6.45) is 7.90. The highest BCUT2D eigenvalue weighted by Gasteiger charge is 1.76. The van der Waals surface area contributed by atoms with Crippen molar-refractivity contribution in [1.29, 1.82) is 0 Å². The second-order valence-corrected chi connectivity index (χ2v) is 1.61. The summed E-state index contributed by atoms with van der Waals surface area (Å²) in [6.45, 7) is 2.58. The third-order valence-electron chi connectivity index (χ3n) is 0.845. The van der Waals surface area contributed by atoms with Gasteiger partial charge in [-0.15, -0.1) is 6.42 Å². The lowest BCUT2D eigenvalue weighted by molar-refractivity contribution is 1.00. The van der Waals surface area contributed by atoms with Gasteiger partial charge in [-0.3, -0.25) is 0 Å². The molecule has 0 fully saturated rings. The molecule has 44 valence electrons. The summed E-state index contributed by atoms with van der Waals surface area (Å²) in [5, 5.41) is 0. The Morgan fingerprint density at radius 2 is 2.50 bits per heavy atom. The molecule has 1 nitrogen and oxygen atoms in total. The molecule has 0 aromatic heterocycles. The van der Waals surface area contributed by atoms with Crippen LogP contribution >= 0.6 is 0 Å². The Kier molecular flexibility index (Phi) is 4.01. The quantitative estimate of drug-likeness (QED) is 0.524. The summed E-state index contributed by atoms with van der Waals surface area (Å²) in [7, 11) is 0. The molecule has 0 saturated heterocycles. The third-order valence-corrected chi connectivity index (χ3v) is 0.845. The molecule has 0 aliphatic carbocycles. The van der Waals surface area contributed by atoms with Crippen LogP contribution in [0.4, 0.5) is 0 Å². The molecule has 0 rings (SSSR count). The van der Waals surface area contributed by atoms with Gasteiger partial charge in [0.2, 0.25) is 0 Å². The number of rotatable bonds is 2. The maximum Gasteiger partial charge on any atom is -0.00422 e. The lowest BCUT2D eigenvalue weighted by Gasteiger charge is -1.85. The molecule has 0 radical (unpaired) electrons. The maximum atomic E-state index is 5.22. The monoisotopic (exact) mass is 109 g/mol. The highest BCUT2D eigenvalue weighted by atomic mass is 14.5. The number of nitrogens with two attached hydrogens (primary N) is 1. The van der Waals surface area contributed by atoms with Crippen LogP contribution in [0.2, 0.25) is 0 Å². The van der Waals surface area contributed by atoms with Crippen molar-refractivity contribution in [3.05, 3.63) is 11.6 Å². The zero-order chi connectivity index (χ0) is 6.41. The van der Waals surface area contributed by atoms with Crippen molar-refractivity contribution < 1.29 is 0 Å². The largest absolute Gasteiger partial charge is 0.330 e. The SMILES string of the molecule is C#CC(C)=CCCN. The predicted octanol–water partition coefficient (Wildman–Crippen LogP) is 0.915. The van der Waals surface area contributed by atoms with E-state index < -0.39 is 0 Å². The minimum Gasteiger partial charge on any atom is -0.330 e. The zero-order valence-corrected chi connectivity index (χ0v) is 5.15. The van der Waals surface area contributed by atoms with Crippen molar-refractivity contribution in [3.8, 4) is 12.3 Å². The molecule has 0 atom stereocenters. The first-order valence-electron chi connectivity index (χ1n) is 2.64. The summed E-state index contributed by atoms with van der Waals surface area (Å²) in [4.78, 5) is 0. The van der Waals surface area contributed by atoms with E-state index in [0.29, 0.717) is 6.54 Å². The van der Waals surface area contributed by atoms with Gasteiger partial charge in [0.15, 0.2) is 0 Å². The van der Waals surface area contributed by atoms with Crippen molar-refractivity contribution in [3.63, 3.8) is 0 Å². The van der Waals surface area contributed by atoms with E-state index in [-0.39, 0.29) is 0 Å². The van der Waals surface area contributed by atoms with Gasteiger partial charge in [-0.1, -0.05) is 12.0 Å². The van der Waals surface area contributed by atoms with E-state index >= 15 is 0 Å². The van der Waals surface area contributed by atoms with E-state index in [0.717, 1.165) is 12.0 Å². The van der Waals surface area contributed by atoms with Crippen LogP contribution < -0.4 is 5.73 Å². The Labute approximate surface area is 50.6 Å². The van der Waals surface area contributed by atoms with Gasteiger partial charge in [-0.05, 0) is 25.5 Å². The molecule has 0 saturated carbocycles. The molecular weight excluding hydrogens is 98.1 g/mol. The fourth-order valence-corrected chi connectivity index (χ4v) is 0.359. The van der Waals surface area contributed by atoms with Gasteiger partial charge in [0, 0.05) is 0 Å². The van der Waals surface area contributed by atoms with Gasteiger partial charge in [-0.2, -0.15) is 0 Å². The van der Waals surface area contributed by atoms with Gasteiger partial charge < -0.3 is 5.73 Å². The van der Waals surface area contributed by atoms with Gasteiger partial charge in [0.1, 0.15) is 0 Å². The standard InChI is InChI=1S/C7H11N/c1-3-7(2)5-4-6-8/h1,5H,4,6,8H2,2H3. The third kappa shape index (κ3) is 3.45. The minimum absolute atomic E-state index is 0.680. The topological polar surface area (TPSA) is 26.0 Å². The van der Waals surface area contributed by atoms with Crippen LogP contribution in [0.3, 0.4) is 0 Å². The van der Waals surface area contributed by atoms with Crippen LogP contribution in [0.1, 0.15) is 13.3 Å². The Balaban J connectivity index is 3.46. The van der Waals surface area contributed by atoms with Crippen LogP contribution in [0.15, 0.2) is 11.6 Å². The van der Waals surface area contributed by atoms with Gasteiger partial charge in [0.05, 0.1) is 0 Å². The molecule has 0 unspecified atom stereocenters. The van der Waals surface area contributed by atoms with E-state index in [1.165, 1.54) is 0 Å². The first-order chi connectivity index (χ1) is 3.81. The zero-order valence-electron chi connectivity index (χ0n) is 5.15.